The topological polar surface area (TPSA) is 83.9 Å². The standard InChI is InChI=1S/C20H18BrNO5S/c1-12-2-4-13(5-3-12)10-22-19(25)17(28-20(22)26)9-14-8-15(21)6-7-16(14)27-11-18(23)24/h2-8,17H,9-11H2,1H3,(H,23,24). The van der Waals surface area contributed by atoms with Gasteiger partial charge in [0.05, 0.1) is 11.8 Å². The molecule has 1 unspecified atom stereocenters. The van der Waals surface area contributed by atoms with Crippen LogP contribution in [0.4, 0.5) is 4.79 Å². The van der Waals surface area contributed by atoms with Crippen molar-refractivity contribution < 1.29 is 24.2 Å². The van der Waals surface area contributed by atoms with E-state index in [0.717, 1.165) is 27.4 Å². The lowest BCUT2D eigenvalue weighted by molar-refractivity contribution is -0.139. The van der Waals surface area contributed by atoms with Crippen LogP contribution in [-0.2, 0) is 22.6 Å². The van der Waals surface area contributed by atoms with Crippen molar-refractivity contribution in [1.29, 1.82) is 0 Å². The summed E-state index contributed by atoms with van der Waals surface area (Å²) in [7, 11) is 0. The van der Waals surface area contributed by atoms with Crippen molar-refractivity contribution in [2.75, 3.05) is 6.61 Å². The lowest BCUT2D eigenvalue weighted by Crippen LogP contribution is -2.31. The van der Waals surface area contributed by atoms with Gasteiger partial charge in [-0.15, -0.1) is 0 Å². The molecule has 1 fully saturated rings. The third-order valence-corrected chi connectivity index (χ3v) is 5.81. The van der Waals surface area contributed by atoms with Crippen LogP contribution in [0.15, 0.2) is 46.9 Å². The van der Waals surface area contributed by atoms with Crippen LogP contribution in [0.5, 0.6) is 5.75 Å². The Bertz CT molecular complexity index is 915. The second-order valence-electron chi connectivity index (χ2n) is 6.42. The molecule has 0 radical (unpaired) electrons. The number of hydrogen-bond donors (Lipinski definition) is 1. The Kier molecular flexibility index (Phi) is 6.41. The number of halogens is 1. The summed E-state index contributed by atoms with van der Waals surface area (Å²) < 4.78 is 6.10. The van der Waals surface area contributed by atoms with Crippen molar-refractivity contribution in [1.82, 2.24) is 4.90 Å². The largest absolute Gasteiger partial charge is 0.482 e. The number of amides is 2. The molecule has 0 aliphatic carbocycles. The summed E-state index contributed by atoms with van der Waals surface area (Å²) in [5.74, 6) is -0.942. The third kappa shape index (κ3) is 4.94. The minimum absolute atomic E-state index is 0.238. The van der Waals surface area contributed by atoms with Gasteiger partial charge < -0.3 is 9.84 Å². The predicted molar refractivity (Wildman–Crippen MR) is 109 cm³/mol. The van der Waals surface area contributed by atoms with Gasteiger partial charge in [-0.3, -0.25) is 14.5 Å². The minimum Gasteiger partial charge on any atom is -0.482 e. The van der Waals surface area contributed by atoms with Gasteiger partial charge in [-0.05, 0) is 42.7 Å². The lowest BCUT2D eigenvalue weighted by Gasteiger charge is -2.15. The van der Waals surface area contributed by atoms with Crippen molar-refractivity contribution in [3.8, 4) is 5.75 Å². The molecule has 6 nitrogen and oxygen atoms in total. The van der Waals surface area contributed by atoms with Crippen molar-refractivity contribution in [2.45, 2.75) is 25.1 Å². The van der Waals surface area contributed by atoms with E-state index >= 15 is 0 Å². The van der Waals surface area contributed by atoms with Crippen LogP contribution in [-0.4, -0.2) is 39.0 Å². The minimum atomic E-state index is -1.08. The van der Waals surface area contributed by atoms with Gasteiger partial charge >= 0.3 is 5.97 Å². The Hall–Kier alpha value is -2.32. The average molecular weight is 464 g/mol. The molecule has 1 atom stereocenters. The highest BCUT2D eigenvalue weighted by molar-refractivity contribution is 9.10. The van der Waals surface area contributed by atoms with Gasteiger partial charge in [-0.1, -0.05) is 57.5 Å². The SMILES string of the molecule is Cc1ccc(CN2C(=O)SC(Cc3cc(Br)ccc3OCC(=O)O)C2=O)cc1. The van der Waals surface area contributed by atoms with E-state index in [9.17, 15) is 14.4 Å². The molecule has 28 heavy (non-hydrogen) atoms. The molecule has 2 aromatic carbocycles. The predicted octanol–water partition coefficient (Wildman–Crippen LogP) is 4.03. The van der Waals surface area contributed by atoms with Gasteiger partial charge in [-0.2, -0.15) is 0 Å². The molecule has 1 N–H and O–H groups in total. The van der Waals surface area contributed by atoms with Crippen molar-refractivity contribution >= 4 is 44.8 Å². The van der Waals surface area contributed by atoms with Gasteiger partial charge in [-0.25, -0.2) is 4.79 Å². The molecular formula is C20H18BrNO5S. The van der Waals surface area contributed by atoms with Gasteiger partial charge in [0, 0.05) is 4.47 Å². The maximum absolute atomic E-state index is 12.8. The van der Waals surface area contributed by atoms with Gasteiger partial charge in [0.1, 0.15) is 5.75 Å². The number of rotatable bonds is 7. The molecule has 1 aliphatic rings. The summed E-state index contributed by atoms with van der Waals surface area (Å²) >= 11 is 4.36. The smallest absolute Gasteiger partial charge is 0.341 e. The number of thioether (sulfide) groups is 1. The number of carboxylic acid groups (broad SMARTS) is 1. The van der Waals surface area contributed by atoms with Crippen molar-refractivity contribution in [3.63, 3.8) is 0 Å². The van der Waals surface area contributed by atoms with Crippen LogP contribution in [0.1, 0.15) is 16.7 Å². The molecule has 146 valence electrons. The average Bonchev–Trinajstić information content (AvgIpc) is 2.90. The Balaban J connectivity index is 1.74. The molecule has 0 aromatic heterocycles. The molecule has 1 saturated heterocycles. The summed E-state index contributed by atoms with van der Waals surface area (Å²) in [6.07, 6.45) is 0.272. The number of imide groups is 1. The number of ether oxygens (including phenoxy) is 1. The summed E-state index contributed by atoms with van der Waals surface area (Å²) in [5.41, 5.74) is 2.67. The van der Waals surface area contributed by atoms with Crippen molar-refractivity contribution in [2.24, 2.45) is 0 Å². The Morgan fingerprint density at radius 1 is 1.21 bits per heavy atom. The van der Waals surface area contributed by atoms with Gasteiger partial charge in [0.2, 0.25) is 5.91 Å². The van der Waals surface area contributed by atoms with Crippen LogP contribution in [0.3, 0.4) is 0 Å². The number of benzene rings is 2. The van der Waals surface area contributed by atoms with Crippen LogP contribution in [0.25, 0.3) is 0 Å². The van der Waals surface area contributed by atoms with E-state index in [4.69, 9.17) is 9.84 Å². The highest BCUT2D eigenvalue weighted by atomic mass is 79.9. The van der Waals surface area contributed by atoms with Gasteiger partial charge in [0.15, 0.2) is 6.61 Å². The first-order valence-electron chi connectivity index (χ1n) is 8.54. The summed E-state index contributed by atoms with van der Waals surface area (Å²) in [6.45, 7) is 1.74. The van der Waals surface area contributed by atoms with E-state index < -0.39 is 17.8 Å². The van der Waals surface area contributed by atoms with E-state index in [1.54, 1.807) is 18.2 Å². The highest BCUT2D eigenvalue weighted by Crippen LogP contribution is 2.34. The monoisotopic (exact) mass is 463 g/mol. The third-order valence-electron chi connectivity index (χ3n) is 4.25. The normalized spacial score (nSPS) is 16.5. The fraction of sp³-hybridized carbons (Fsp3) is 0.250. The lowest BCUT2D eigenvalue weighted by atomic mass is 10.1. The van der Waals surface area contributed by atoms with E-state index in [1.165, 1.54) is 4.90 Å². The van der Waals surface area contributed by atoms with Crippen LogP contribution < -0.4 is 4.74 Å². The summed E-state index contributed by atoms with van der Waals surface area (Å²) in [5, 5.41) is 7.98. The molecule has 0 spiro atoms. The van der Waals surface area contributed by atoms with E-state index in [1.807, 2.05) is 31.2 Å². The maximum Gasteiger partial charge on any atom is 0.341 e. The zero-order chi connectivity index (χ0) is 20.3. The van der Waals surface area contributed by atoms with E-state index in [-0.39, 0.29) is 24.1 Å². The number of carboxylic acids is 1. The molecule has 1 aliphatic heterocycles. The molecule has 2 amide bonds. The number of hydrogen-bond acceptors (Lipinski definition) is 5. The quantitative estimate of drug-likeness (QED) is 0.667. The fourth-order valence-electron chi connectivity index (χ4n) is 2.83. The molecule has 0 bridgehead atoms. The Morgan fingerprint density at radius 2 is 1.93 bits per heavy atom. The second-order valence-corrected chi connectivity index (χ2v) is 8.49. The summed E-state index contributed by atoms with van der Waals surface area (Å²) in [6, 6.07) is 12.9. The van der Waals surface area contributed by atoms with Gasteiger partial charge in [0.25, 0.3) is 5.24 Å². The first-order chi connectivity index (χ1) is 13.3. The molecule has 3 rings (SSSR count). The Morgan fingerprint density at radius 3 is 2.61 bits per heavy atom. The summed E-state index contributed by atoms with van der Waals surface area (Å²) in [4.78, 5) is 37.2. The van der Waals surface area contributed by atoms with Crippen molar-refractivity contribution in [3.05, 3.63) is 63.6 Å². The zero-order valence-corrected chi connectivity index (χ0v) is 17.5. The molecule has 2 aromatic rings. The number of carbonyl (C=O) groups is 3. The Labute approximate surface area is 175 Å². The maximum atomic E-state index is 12.8. The molecular weight excluding hydrogens is 446 g/mol. The highest BCUT2D eigenvalue weighted by Gasteiger charge is 2.39. The number of aryl methyl sites for hydroxylation is 1. The molecule has 1 heterocycles. The van der Waals surface area contributed by atoms with E-state index in [2.05, 4.69) is 15.9 Å². The first kappa shape index (κ1) is 20.4. The molecule has 0 saturated carbocycles. The number of carbonyl (C=O) groups excluding carboxylic acids is 2. The molecule has 8 heteroatoms. The zero-order valence-electron chi connectivity index (χ0n) is 15.1. The first-order valence-corrected chi connectivity index (χ1v) is 10.2. The van der Waals surface area contributed by atoms with Crippen LogP contribution in [0.2, 0.25) is 0 Å². The van der Waals surface area contributed by atoms with E-state index in [0.29, 0.717) is 11.3 Å². The second kappa shape index (κ2) is 8.79. The van der Waals surface area contributed by atoms with Crippen LogP contribution >= 0.6 is 27.7 Å². The number of nitrogens with zero attached hydrogens (tertiary/aromatic N) is 1. The van der Waals surface area contributed by atoms with Crippen LogP contribution in [0, 0.1) is 6.92 Å². The number of aliphatic carboxylic acids is 1. The fourth-order valence-corrected chi connectivity index (χ4v) is 4.26.